The van der Waals surface area contributed by atoms with E-state index in [1.165, 1.54) is 7.11 Å². The number of benzene rings is 1. The van der Waals surface area contributed by atoms with Gasteiger partial charge in [-0.25, -0.2) is 4.79 Å². The minimum absolute atomic E-state index is 0.00305. The number of amides is 4. The summed E-state index contributed by atoms with van der Waals surface area (Å²) in [5.74, 6) is -4.05. The summed E-state index contributed by atoms with van der Waals surface area (Å²) in [4.78, 5) is 86.1. The third-order valence-corrected chi connectivity index (χ3v) is 12.1. The Kier molecular flexibility index (Phi) is 22.2. The predicted molar refractivity (Wildman–Crippen MR) is 239 cm³/mol. The second-order valence-corrected chi connectivity index (χ2v) is 18.8. The SMILES string of the molecule is CC[C@H](C)[C@@H]([C@@H](CC(=O)N1CCC[C@H]1[C@H](OC)[C@@H](C)C(=O)N[C@@H](Cc1ccccc1)C(=O)OC(C)(C)C)OC)N(C)[C@H](C(=O)NC(=O)[C@H](C(C)C)N(C)CCCC(=O)O)C(C)C. The fourth-order valence-electron chi connectivity index (χ4n) is 8.95. The molecule has 3 N–H and O–H groups in total. The van der Waals surface area contributed by atoms with Crippen LogP contribution in [0.3, 0.4) is 0 Å². The van der Waals surface area contributed by atoms with Gasteiger partial charge in [-0.15, -0.1) is 0 Å². The van der Waals surface area contributed by atoms with Crippen LogP contribution >= 0.6 is 0 Å². The van der Waals surface area contributed by atoms with Gasteiger partial charge in [0.05, 0.1) is 42.7 Å². The van der Waals surface area contributed by atoms with E-state index >= 15 is 0 Å². The lowest BCUT2D eigenvalue weighted by Gasteiger charge is -2.43. The molecular weight excluding hydrogens is 795 g/mol. The van der Waals surface area contributed by atoms with Crippen LogP contribution in [0.15, 0.2) is 30.3 Å². The highest BCUT2D eigenvalue weighted by molar-refractivity contribution is 6.00. The van der Waals surface area contributed by atoms with Crippen molar-refractivity contribution in [3.8, 4) is 0 Å². The number of methoxy groups -OCH3 is 2. The predicted octanol–water partition coefficient (Wildman–Crippen LogP) is 4.94. The van der Waals surface area contributed by atoms with E-state index in [1.807, 2.05) is 76.9 Å². The number of ether oxygens (including phenoxy) is 3. The van der Waals surface area contributed by atoms with Crippen LogP contribution in [0.4, 0.5) is 0 Å². The highest BCUT2D eigenvalue weighted by atomic mass is 16.6. The molecule has 62 heavy (non-hydrogen) atoms. The van der Waals surface area contributed by atoms with Gasteiger partial charge in [0.2, 0.25) is 23.6 Å². The number of nitrogens with one attached hydrogen (secondary N) is 2. The van der Waals surface area contributed by atoms with Crippen LogP contribution in [0.25, 0.3) is 0 Å². The zero-order valence-corrected chi connectivity index (χ0v) is 40.1. The maximum Gasteiger partial charge on any atom is 0.329 e. The molecule has 1 heterocycles. The average molecular weight is 874 g/mol. The molecule has 1 aromatic carbocycles. The first kappa shape index (κ1) is 54.2. The highest BCUT2D eigenvalue weighted by Gasteiger charge is 2.44. The molecule has 1 aromatic rings. The molecule has 0 aliphatic carbocycles. The number of hydrogen-bond acceptors (Lipinski definition) is 11. The van der Waals surface area contributed by atoms with Crippen LogP contribution in [-0.4, -0.2) is 145 Å². The summed E-state index contributed by atoms with van der Waals surface area (Å²) in [6.07, 6.45) is 1.33. The maximum absolute atomic E-state index is 14.4. The van der Waals surface area contributed by atoms with Gasteiger partial charge in [0.1, 0.15) is 11.6 Å². The first-order valence-electron chi connectivity index (χ1n) is 22.4. The third-order valence-electron chi connectivity index (χ3n) is 12.1. The van der Waals surface area contributed by atoms with E-state index < -0.39 is 83.6 Å². The Labute approximate surface area is 371 Å². The molecule has 0 saturated carbocycles. The van der Waals surface area contributed by atoms with Crippen molar-refractivity contribution in [2.45, 2.75) is 162 Å². The fraction of sp³-hybridized carbons (Fsp3) is 0.745. The number of likely N-dealkylation sites (N-methyl/N-ethyl adjacent to an activating group) is 2. The quantitative estimate of drug-likeness (QED) is 0.113. The Morgan fingerprint density at radius 1 is 0.887 bits per heavy atom. The zero-order chi connectivity index (χ0) is 47.1. The van der Waals surface area contributed by atoms with E-state index in [9.17, 15) is 28.8 Å². The Morgan fingerprint density at radius 3 is 2.00 bits per heavy atom. The van der Waals surface area contributed by atoms with Crippen LogP contribution in [-0.2, 0) is 49.4 Å². The summed E-state index contributed by atoms with van der Waals surface area (Å²) in [5.41, 5.74) is 0.108. The van der Waals surface area contributed by atoms with Crippen LogP contribution in [0, 0.1) is 23.7 Å². The molecule has 9 atom stereocenters. The molecule has 15 nitrogen and oxygen atoms in total. The number of hydrogen-bond donors (Lipinski definition) is 3. The molecule has 2 rings (SSSR count). The second kappa shape index (κ2) is 25.4. The number of esters is 1. The van der Waals surface area contributed by atoms with Crippen molar-refractivity contribution in [3.05, 3.63) is 35.9 Å². The first-order chi connectivity index (χ1) is 29.0. The number of rotatable bonds is 25. The zero-order valence-electron chi connectivity index (χ0n) is 40.1. The summed E-state index contributed by atoms with van der Waals surface area (Å²) in [6, 6.07) is 6.24. The number of carboxylic acid groups (broad SMARTS) is 1. The summed E-state index contributed by atoms with van der Waals surface area (Å²) < 4.78 is 17.8. The fourth-order valence-corrected chi connectivity index (χ4v) is 8.95. The topological polar surface area (TPSA) is 184 Å². The van der Waals surface area contributed by atoms with Gasteiger partial charge in [0.15, 0.2) is 0 Å². The first-order valence-corrected chi connectivity index (χ1v) is 22.4. The summed E-state index contributed by atoms with van der Waals surface area (Å²) >= 11 is 0. The Balaban J connectivity index is 2.32. The van der Waals surface area contributed by atoms with Gasteiger partial charge < -0.3 is 29.5 Å². The number of likely N-dealkylation sites (tertiary alicyclic amines) is 1. The molecule has 1 fully saturated rings. The van der Waals surface area contributed by atoms with Crippen molar-refractivity contribution in [1.82, 2.24) is 25.3 Å². The van der Waals surface area contributed by atoms with E-state index in [4.69, 9.17) is 19.3 Å². The smallest absolute Gasteiger partial charge is 0.329 e. The average Bonchev–Trinajstić information content (AvgIpc) is 3.66. The van der Waals surface area contributed by atoms with Crippen LogP contribution < -0.4 is 10.6 Å². The largest absolute Gasteiger partial charge is 0.481 e. The number of imide groups is 1. The Bertz CT molecular complexity index is 1600. The van der Waals surface area contributed by atoms with Gasteiger partial charge in [-0.05, 0) is 84.0 Å². The molecule has 4 amide bonds. The van der Waals surface area contributed by atoms with E-state index in [1.54, 1.807) is 51.7 Å². The minimum Gasteiger partial charge on any atom is -0.481 e. The third kappa shape index (κ3) is 16.0. The van der Waals surface area contributed by atoms with Crippen LogP contribution in [0.5, 0.6) is 0 Å². The lowest BCUT2D eigenvalue weighted by molar-refractivity contribution is -0.159. The normalized spacial score (nSPS) is 18.5. The molecule has 0 unspecified atom stereocenters. The molecule has 1 saturated heterocycles. The maximum atomic E-state index is 14.4. The van der Waals surface area contributed by atoms with Gasteiger partial charge in [-0.1, -0.05) is 85.2 Å². The number of carbonyl (C=O) groups is 6. The Morgan fingerprint density at radius 2 is 1.48 bits per heavy atom. The van der Waals surface area contributed by atoms with Gasteiger partial charge in [-0.2, -0.15) is 0 Å². The van der Waals surface area contributed by atoms with Gasteiger partial charge in [0.25, 0.3) is 0 Å². The lowest BCUT2D eigenvalue weighted by Crippen LogP contribution is -2.60. The van der Waals surface area contributed by atoms with E-state index in [0.29, 0.717) is 32.4 Å². The lowest BCUT2D eigenvalue weighted by atomic mass is 9.87. The summed E-state index contributed by atoms with van der Waals surface area (Å²) in [7, 11) is 6.68. The second-order valence-electron chi connectivity index (χ2n) is 18.8. The molecule has 1 aliphatic rings. The molecule has 0 radical (unpaired) electrons. The molecule has 0 aromatic heterocycles. The minimum atomic E-state index is -0.939. The standard InChI is InChI=1S/C47H79N5O10/c1-15-31(6)41(51(12)40(30(4)5)45(58)49-44(57)39(29(2)3)50(11)25-20-24-38(54)55)36(60-13)28-37(53)52-26-19-23-35(52)42(61-14)32(7)43(56)48-34(46(59)62-47(8,9)10)27-33-21-17-16-18-22-33/h16-18,21-22,29-32,34-36,39-42H,15,19-20,23-28H2,1-14H3,(H,48,56)(H,54,55)(H,49,57,58)/t31-,32+,34-,35-,36+,39-,40-,41-,42+/m0/s1. The van der Waals surface area contributed by atoms with Crippen LogP contribution in [0.1, 0.15) is 113 Å². The molecule has 352 valence electrons. The Hall–Kier alpha value is -3.92. The molecule has 0 bridgehead atoms. The van der Waals surface area contributed by atoms with E-state index in [0.717, 1.165) is 12.0 Å². The van der Waals surface area contributed by atoms with Crippen LogP contribution in [0.2, 0.25) is 0 Å². The van der Waals surface area contributed by atoms with E-state index in [2.05, 4.69) is 17.6 Å². The molecular formula is C47H79N5O10. The number of nitrogens with zero attached hydrogens (tertiary/aromatic N) is 3. The van der Waals surface area contributed by atoms with Gasteiger partial charge >= 0.3 is 11.9 Å². The van der Waals surface area contributed by atoms with Crippen molar-refractivity contribution in [2.75, 3.05) is 41.4 Å². The number of carbonyl (C=O) groups excluding carboxylic acids is 5. The van der Waals surface area contributed by atoms with Crippen molar-refractivity contribution in [3.63, 3.8) is 0 Å². The van der Waals surface area contributed by atoms with Crippen molar-refractivity contribution < 1.29 is 48.1 Å². The number of aliphatic carboxylic acids is 1. The van der Waals surface area contributed by atoms with Crippen molar-refractivity contribution in [1.29, 1.82) is 0 Å². The number of carboxylic acids is 1. The van der Waals surface area contributed by atoms with E-state index in [-0.39, 0.29) is 42.9 Å². The molecule has 0 spiro atoms. The monoisotopic (exact) mass is 874 g/mol. The molecule has 1 aliphatic heterocycles. The van der Waals surface area contributed by atoms with Gasteiger partial charge in [-0.3, -0.25) is 39.1 Å². The molecule has 15 heteroatoms. The van der Waals surface area contributed by atoms with Gasteiger partial charge in [0, 0.05) is 39.6 Å². The summed E-state index contributed by atoms with van der Waals surface area (Å²) in [5, 5.41) is 14.7. The summed E-state index contributed by atoms with van der Waals surface area (Å²) in [6.45, 7) is 19.6. The van der Waals surface area contributed by atoms with Crippen molar-refractivity contribution >= 4 is 35.6 Å². The van der Waals surface area contributed by atoms with Crippen molar-refractivity contribution in [2.24, 2.45) is 23.7 Å². The highest BCUT2D eigenvalue weighted by Crippen LogP contribution is 2.31.